The molecule has 0 bridgehead atoms. The maximum absolute atomic E-state index is 14.9. The van der Waals surface area contributed by atoms with Crippen molar-refractivity contribution in [3.8, 4) is 5.69 Å². The minimum absolute atomic E-state index is 0.231. The van der Waals surface area contributed by atoms with Crippen molar-refractivity contribution in [2.45, 2.75) is 19.0 Å². The average Bonchev–Trinajstić information content (AvgIpc) is 3.39. The van der Waals surface area contributed by atoms with Gasteiger partial charge in [-0.2, -0.15) is 0 Å². The van der Waals surface area contributed by atoms with Crippen molar-refractivity contribution in [1.82, 2.24) is 14.9 Å². The third-order valence-corrected chi connectivity index (χ3v) is 5.98. The Bertz CT molecular complexity index is 1240. The molecule has 0 saturated carbocycles. The largest absolute Gasteiger partial charge is 0.351 e. The van der Waals surface area contributed by atoms with Gasteiger partial charge in [0.1, 0.15) is 11.9 Å². The summed E-state index contributed by atoms with van der Waals surface area (Å²) in [7, 11) is 0. The molecule has 154 valence electrons. The van der Waals surface area contributed by atoms with Crippen molar-refractivity contribution in [2.75, 3.05) is 4.90 Å². The first-order valence-corrected chi connectivity index (χ1v) is 10.5. The monoisotopic (exact) mass is 428 g/mol. The van der Waals surface area contributed by atoms with Crippen LogP contribution in [0.1, 0.15) is 29.0 Å². The number of para-hydroxylation sites is 2. The number of hydrogen-bond acceptors (Lipinski definition) is 2. The molecule has 1 N–H and O–H groups in total. The zero-order chi connectivity index (χ0) is 21.4. The summed E-state index contributed by atoms with van der Waals surface area (Å²) in [5.74, 6) is -0.313. The van der Waals surface area contributed by atoms with Gasteiger partial charge in [-0.15, -0.1) is 0 Å². The number of aryl methyl sites for hydroxylation is 1. The van der Waals surface area contributed by atoms with Crippen LogP contribution < -0.4 is 10.2 Å². The van der Waals surface area contributed by atoms with E-state index in [0.29, 0.717) is 10.8 Å². The number of rotatable bonds is 4. The normalized spacial score (nSPS) is 18.3. The van der Waals surface area contributed by atoms with Crippen LogP contribution in [0, 0.1) is 12.7 Å². The second-order valence-corrected chi connectivity index (χ2v) is 7.92. The standard InChI is InChI=1S/C25H21FN4S/c1-17-9-2-4-12-20(17)29-16-8-14-22(29)24-23(19-11-6-7-15-27-19)28-25(31)30(24)21-13-5-3-10-18(21)26/h2-16,23-24H,1H3,(H,28,31). The first kappa shape index (κ1) is 19.5. The van der Waals surface area contributed by atoms with Gasteiger partial charge in [0, 0.05) is 23.8 Å². The van der Waals surface area contributed by atoms with Gasteiger partial charge in [0.05, 0.1) is 17.4 Å². The van der Waals surface area contributed by atoms with Crippen LogP contribution in [-0.4, -0.2) is 14.7 Å². The summed E-state index contributed by atoms with van der Waals surface area (Å²) in [4.78, 5) is 6.44. The maximum atomic E-state index is 14.9. The number of nitrogens with zero attached hydrogens (tertiary/aromatic N) is 3. The third-order valence-electron chi connectivity index (χ3n) is 5.67. The summed E-state index contributed by atoms with van der Waals surface area (Å²) in [6.07, 6.45) is 3.80. The fourth-order valence-electron chi connectivity index (χ4n) is 4.25. The number of aromatic nitrogens is 2. The van der Waals surface area contributed by atoms with Gasteiger partial charge in [0.15, 0.2) is 5.11 Å². The van der Waals surface area contributed by atoms with E-state index >= 15 is 0 Å². The van der Waals surface area contributed by atoms with Crippen LogP contribution in [0.15, 0.2) is 91.3 Å². The molecule has 4 nitrogen and oxygen atoms in total. The highest BCUT2D eigenvalue weighted by Crippen LogP contribution is 2.43. The lowest BCUT2D eigenvalue weighted by Crippen LogP contribution is -2.31. The zero-order valence-corrected chi connectivity index (χ0v) is 17.8. The minimum Gasteiger partial charge on any atom is -0.351 e. The molecule has 1 aliphatic heterocycles. The van der Waals surface area contributed by atoms with Crippen LogP contribution in [0.2, 0.25) is 0 Å². The summed E-state index contributed by atoms with van der Waals surface area (Å²) in [6, 6.07) is 24.3. The van der Waals surface area contributed by atoms with Crippen LogP contribution in [0.4, 0.5) is 10.1 Å². The van der Waals surface area contributed by atoms with E-state index in [1.165, 1.54) is 6.07 Å². The first-order chi connectivity index (χ1) is 15.1. The smallest absolute Gasteiger partial charge is 0.174 e. The summed E-state index contributed by atoms with van der Waals surface area (Å²) in [6.45, 7) is 2.08. The first-order valence-electron chi connectivity index (χ1n) is 10.1. The van der Waals surface area contributed by atoms with Gasteiger partial charge >= 0.3 is 0 Å². The molecular formula is C25H21FN4S. The van der Waals surface area contributed by atoms with Crippen molar-refractivity contribution >= 4 is 23.0 Å². The Morgan fingerprint density at radius 1 is 0.903 bits per heavy atom. The van der Waals surface area contributed by atoms with Crippen molar-refractivity contribution in [3.63, 3.8) is 0 Å². The van der Waals surface area contributed by atoms with E-state index < -0.39 is 0 Å². The Morgan fingerprint density at radius 2 is 1.65 bits per heavy atom. The molecular weight excluding hydrogens is 407 g/mol. The van der Waals surface area contributed by atoms with Crippen molar-refractivity contribution in [2.24, 2.45) is 0 Å². The average molecular weight is 429 g/mol. The van der Waals surface area contributed by atoms with Gasteiger partial charge < -0.3 is 14.8 Å². The Morgan fingerprint density at radius 3 is 2.39 bits per heavy atom. The number of thiocarbonyl (C=S) groups is 1. The number of hydrogen-bond donors (Lipinski definition) is 1. The van der Waals surface area contributed by atoms with E-state index in [0.717, 1.165) is 22.6 Å². The Hall–Kier alpha value is -3.51. The van der Waals surface area contributed by atoms with E-state index in [-0.39, 0.29) is 17.9 Å². The molecule has 2 unspecified atom stereocenters. The zero-order valence-electron chi connectivity index (χ0n) is 16.9. The Kier molecular flexibility index (Phi) is 5.00. The van der Waals surface area contributed by atoms with Gasteiger partial charge in [-0.3, -0.25) is 4.98 Å². The quantitative estimate of drug-likeness (QED) is 0.435. The fourth-order valence-corrected chi connectivity index (χ4v) is 4.59. The fraction of sp³-hybridized carbons (Fsp3) is 0.120. The molecule has 1 fully saturated rings. The second kappa shape index (κ2) is 7.96. The van der Waals surface area contributed by atoms with Gasteiger partial charge in [-0.25, -0.2) is 4.39 Å². The lowest BCUT2D eigenvalue weighted by Gasteiger charge is -2.29. The summed E-state index contributed by atoms with van der Waals surface area (Å²) >= 11 is 5.71. The van der Waals surface area contributed by atoms with Gasteiger partial charge in [0.2, 0.25) is 0 Å². The maximum Gasteiger partial charge on any atom is 0.174 e. The van der Waals surface area contributed by atoms with Crippen LogP contribution in [0.25, 0.3) is 5.69 Å². The molecule has 0 radical (unpaired) electrons. The highest BCUT2D eigenvalue weighted by Gasteiger charge is 2.43. The number of nitrogens with one attached hydrogen (secondary N) is 1. The molecule has 5 rings (SSSR count). The molecule has 0 amide bonds. The molecule has 31 heavy (non-hydrogen) atoms. The molecule has 2 aromatic carbocycles. The van der Waals surface area contributed by atoms with Gasteiger partial charge in [0.25, 0.3) is 0 Å². The molecule has 2 atom stereocenters. The molecule has 1 saturated heterocycles. The van der Waals surface area contributed by atoms with E-state index in [1.54, 1.807) is 18.3 Å². The van der Waals surface area contributed by atoms with Gasteiger partial charge in [-0.05, 0) is 67.2 Å². The SMILES string of the molecule is Cc1ccccc1-n1cccc1C1C(c2ccccn2)NC(=S)N1c1ccccc1F. The number of pyridine rings is 1. The molecule has 6 heteroatoms. The van der Waals surface area contributed by atoms with E-state index in [9.17, 15) is 4.39 Å². The predicted molar refractivity (Wildman–Crippen MR) is 125 cm³/mol. The summed E-state index contributed by atoms with van der Waals surface area (Å²) in [5, 5.41) is 3.87. The molecule has 4 aromatic rings. The minimum atomic E-state index is -0.313. The topological polar surface area (TPSA) is 33.1 Å². The molecule has 3 heterocycles. The van der Waals surface area contributed by atoms with Crippen LogP contribution in [0.3, 0.4) is 0 Å². The molecule has 0 spiro atoms. The predicted octanol–water partition coefficient (Wildman–Crippen LogP) is 5.50. The van der Waals surface area contributed by atoms with Crippen LogP contribution in [-0.2, 0) is 0 Å². The summed E-state index contributed by atoms with van der Waals surface area (Å²) < 4.78 is 17.0. The third kappa shape index (κ3) is 3.39. The summed E-state index contributed by atoms with van der Waals surface area (Å²) in [5.41, 5.74) is 4.53. The van der Waals surface area contributed by atoms with Gasteiger partial charge in [-0.1, -0.05) is 36.4 Å². The van der Waals surface area contributed by atoms with E-state index in [4.69, 9.17) is 12.2 Å². The van der Waals surface area contributed by atoms with Crippen molar-refractivity contribution in [3.05, 3.63) is 114 Å². The van der Waals surface area contributed by atoms with Crippen molar-refractivity contribution < 1.29 is 4.39 Å². The molecule has 1 aliphatic rings. The second-order valence-electron chi connectivity index (χ2n) is 7.54. The number of benzene rings is 2. The highest BCUT2D eigenvalue weighted by atomic mass is 32.1. The lowest BCUT2D eigenvalue weighted by molar-refractivity contribution is 0.541. The van der Waals surface area contributed by atoms with Crippen LogP contribution in [0.5, 0.6) is 0 Å². The van der Waals surface area contributed by atoms with E-state index in [2.05, 4.69) is 40.0 Å². The molecule has 0 aliphatic carbocycles. The lowest BCUT2D eigenvalue weighted by atomic mass is 10.0. The van der Waals surface area contributed by atoms with Crippen LogP contribution >= 0.6 is 12.2 Å². The van der Waals surface area contributed by atoms with E-state index in [1.807, 2.05) is 53.6 Å². The Balaban J connectivity index is 1.71. The number of anilines is 1. The van der Waals surface area contributed by atoms with Crippen molar-refractivity contribution in [1.29, 1.82) is 0 Å². The highest BCUT2D eigenvalue weighted by molar-refractivity contribution is 7.80. The Labute approximate surface area is 186 Å². The number of halogens is 1. The molecule has 2 aromatic heterocycles.